The van der Waals surface area contributed by atoms with Gasteiger partial charge in [-0.2, -0.15) is 5.10 Å². The maximum absolute atomic E-state index is 12.3. The minimum absolute atomic E-state index is 0.0270. The molecule has 1 saturated carbocycles. The van der Waals surface area contributed by atoms with E-state index >= 15 is 0 Å². The molecule has 1 aromatic carbocycles. The van der Waals surface area contributed by atoms with Gasteiger partial charge in [0, 0.05) is 18.4 Å². The third-order valence-corrected chi connectivity index (χ3v) is 4.91. The molecule has 3 N–H and O–H groups in total. The summed E-state index contributed by atoms with van der Waals surface area (Å²) in [7, 11) is 0. The van der Waals surface area contributed by atoms with Crippen LogP contribution in [0.5, 0.6) is 0 Å². The number of rotatable bonds is 5. The zero-order valence-electron chi connectivity index (χ0n) is 14.8. The van der Waals surface area contributed by atoms with Crippen molar-refractivity contribution in [1.82, 2.24) is 20.4 Å². The van der Waals surface area contributed by atoms with Crippen LogP contribution in [0, 0.1) is 5.92 Å². The van der Waals surface area contributed by atoms with Gasteiger partial charge in [0.1, 0.15) is 0 Å². The Morgan fingerprint density at radius 2 is 1.92 bits per heavy atom. The van der Waals surface area contributed by atoms with Gasteiger partial charge in [-0.15, -0.1) is 0 Å². The molecule has 7 heteroatoms. The van der Waals surface area contributed by atoms with Crippen LogP contribution in [0.1, 0.15) is 44.2 Å². The molecule has 0 bridgehead atoms. The number of carboxylic acid groups (broad SMARTS) is 1. The smallest absolute Gasteiger partial charge is 0.315 e. The van der Waals surface area contributed by atoms with Crippen molar-refractivity contribution in [3.05, 3.63) is 48.3 Å². The predicted molar refractivity (Wildman–Crippen MR) is 97.0 cm³/mol. The first kappa shape index (κ1) is 18.0. The zero-order chi connectivity index (χ0) is 18.5. The van der Waals surface area contributed by atoms with Gasteiger partial charge >= 0.3 is 12.0 Å². The van der Waals surface area contributed by atoms with Gasteiger partial charge in [0.05, 0.1) is 17.6 Å². The highest BCUT2D eigenvalue weighted by molar-refractivity contribution is 5.75. The molecule has 2 aromatic rings. The molecule has 1 heterocycles. The van der Waals surface area contributed by atoms with Crippen molar-refractivity contribution in [2.24, 2.45) is 5.92 Å². The molecular weight excluding hydrogens is 332 g/mol. The molecule has 1 aliphatic carbocycles. The molecule has 138 valence electrons. The van der Waals surface area contributed by atoms with Crippen LogP contribution in [0.3, 0.4) is 0 Å². The van der Waals surface area contributed by atoms with Crippen molar-refractivity contribution >= 4 is 12.0 Å². The Bertz CT molecular complexity index is 752. The van der Waals surface area contributed by atoms with E-state index in [1.807, 2.05) is 43.5 Å². The van der Waals surface area contributed by atoms with E-state index in [4.69, 9.17) is 5.11 Å². The minimum atomic E-state index is -0.739. The maximum Gasteiger partial charge on any atom is 0.315 e. The second-order valence-electron chi connectivity index (χ2n) is 6.74. The van der Waals surface area contributed by atoms with E-state index < -0.39 is 5.97 Å². The van der Waals surface area contributed by atoms with Gasteiger partial charge in [-0.25, -0.2) is 9.48 Å². The maximum atomic E-state index is 12.3. The summed E-state index contributed by atoms with van der Waals surface area (Å²) in [5, 5.41) is 19.3. The number of carbonyl (C=O) groups excluding carboxylic acids is 1. The summed E-state index contributed by atoms with van der Waals surface area (Å²) in [5.74, 6) is -1.02. The molecule has 1 aliphatic rings. The van der Waals surface area contributed by atoms with E-state index in [0.29, 0.717) is 25.7 Å². The van der Waals surface area contributed by atoms with E-state index in [-0.39, 0.29) is 24.0 Å². The Kier molecular flexibility index (Phi) is 5.55. The van der Waals surface area contributed by atoms with Crippen LogP contribution in [0.15, 0.2) is 42.7 Å². The first-order chi connectivity index (χ1) is 12.5. The molecule has 0 radical (unpaired) electrons. The SMILES string of the molecule is CC(NC(=O)NC1CCC(C(=O)O)CC1)c1ccccc1-n1cccn1. The van der Waals surface area contributed by atoms with Crippen molar-refractivity contribution in [2.45, 2.75) is 44.7 Å². The van der Waals surface area contributed by atoms with Crippen LogP contribution >= 0.6 is 0 Å². The summed E-state index contributed by atoms with van der Waals surface area (Å²) < 4.78 is 1.78. The highest BCUT2D eigenvalue weighted by Crippen LogP contribution is 2.25. The first-order valence-electron chi connectivity index (χ1n) is 8.93. The number of amides is 2. The van der Waals surface area contributed by atoms with Gasteiger partial charge in [-0.1, -0.05) is 18.2 Å². The van der Waals surface area contributed by atoms with Crippen LogP contribution in [0.4, 0.5) is 4.79 Å². The van der Waals surface area contributed by atoms with Gasteiger partial charge in [-0.3, -0.25) is 4.79 Å². The molecule has 1 unspecified atom stereocenters. The van der Waals surface area contributed by atoms with Crippen molar-refractivity contribution in [2.75, 3.05) is 0 Å². The number of para-hydroxylation sites is 1. The Balaban J connectivity index is 1.58. The van der Waals surface area contributed by atoms with Gasteiger partial charge in [0.25, 0.3) is 0 Å². The fraction of sp³-hybridized carbons (Fsp3) is 0.421. The molecule has 0 aliphatic heterocycles. The topological polar surface area (TPSA) is 96.3 Å². The lowest BCUT2D eigenvalue weighted by Gasteiger charge is -2.27. The van der Waals surface area contributed by atoms with Crippen molar-refractivity contribution < 1.29 is 14.7 Å². The Morgan fingerprint density at radius 1 is 1.19 bits per heavy atom. The molecule has 2 amide bonds. The van der Waals surface area contributed by atoms with Crippen molar-refractivity contribution in [3.63, 3.8) is 0 Å². The lowest BCUT2D eigenvalue weighted by atomic mass is 9.86. The highest BCUT2D eigenvalue weighted by atomic mass is 16.4. The number of benzene rings is 1. The fourth-order valence-electron chi connectivity index (χ4n) is 3.46. The number of hydrogen-bond donors (Lipinski definition) is 3. The lowest BCUT2D eigenvalue weighted by molar-refractivity contribution is -0.142. The molecule has 0 saturated heterocycles. The second kappa shape index (κ2) is 8.03. The third kappa shape index (κ3) is 4.22. The molecule has 26 heavy (non-hydrogen) atoms. The van der Waals surface area contributed by atoms with E-state index in [9.17, 15) is 9.59 Å². The summed E-state index contributed by atoms with van der Waals surface area (Å²) in [6.45, 7) is 1.93. The van der Waals surface area contributed by atoms with E-state index in [0.717, 1.165) is 11.3 Å². The third-order valence-electron chi connectivity index (χ3n) is 4.91. The first-order valence-corrected chi connectivity index (χ1v) is 8.93. The Labute approximate surface area is 152 Å². The lowest BCUT2D eigenvalue weighted by Crippen LogP contribution is -2.44. The fourth-order valence-corrected chi connectivity index (χ4v) is 3.46. The average molecular weight is 356 g/mol. The second-order valence-corrected chi connectivity index (χ2v) is 6.74. The zero-order valence-corrected chi connectivity index (χ0v) is 14.8. The quantitative estimate of drug-likeness (QED) is 0.767. The summed E-state index contributed by atoms with van der Waals surface area (Å²) >= 11 is 0. The predicted octanol–water partition coefficient (Wildman–Crippen LogP) is 2.88. The number of aliphatic carboxylic acids is 1. The van der Waals surface area contributed by atoms with E-state index in [1.165, 1.54) is 0 Å². The van der Waals surface area contributed by atoms with Gasteiger partial charge in [0.15, 0.2) is 0 Å². The number of hydrogen-bond acceptors (Lipinski definition) is 3. The minimum Gasteiger partial charge on any atom is -0.481 e. The molecule has 7 nitrogen and oxygen atoms in total. The number of carboxylic acids is 1. The number of aromatic nitrogens is 2. The molecule has 1 aromatic heterocycles. The summed E-state index contributed by atoms with van der Waals surface area (Å²) in [5.41, 5.74) is 1.90. The van der Waals surface area contributed by atoms with E-state index in [1.54, 1.807) is 10.9 Å². The average Bonchev–Trinajstić information content (AvgIpc) is 3.16. The van der Waals surface area contributed by atoms with Crippen LogP contribution in [-0.4, -0.2) is 32.9 Å². The normalized spacial score (nSPS) is 21.0. The van der Waals surface area contributed by atoms with Crippen molar-refractivity contribution in [1.29, 1.82) is 0 Å². The summed E-state index contributed by atoms with van der Waals surface area (Å²) in [4.78, 5) is 23.4. The summed E-state index contributed by atoms with van der Waals surface area (Å²) in [6, 6.07) is 9.27. The van der Waals surface area contributed by atoms with Crippen LogP contribution < -0.4 is 10.6 Å². The molecule has 3 rings (SSSR count). The van der Waals surface area contributed by atoms with E-state index in [2.05, 4.69) is 15.7 Å². The largest absolute Gasteiger partial charge is 0.481 e. The van der Waals surface area contributed by atoms with Crippen LogP contribution in [0.2, 0.25) is 0 Å². The molecular formula is C19H24N4O3. The van der Waals surface area contributed by atoms with Crippen LogP contribution in [0.25, 0.3) is 5.69 Å². The number of carbonyl (C=O) groups is 2. The number of urea groups is 1. The Hall–Kier alpha value is -2.83. The highest BCUT2D eigenvalue weighted by Gasteiger charge is 2.27. The monoisotopic (exact) mass is 356 g/mol. The standard InChI is InChI=1S/C19H24N4O3/c1-13(16-5-2-3-6-17(16)23-12-4-11-20-23)21-19(26)22-15-9-7-14(8-10-15)18(24)25/h2-6,11-15H,7-10H2,1H3,(H,24,25)(H2,21,22,26). The number of nitrogens with zero attached hydrogens (tertiary/aromatic N) is 2. The Morgan fingerprint density at radius 3 is 2.58 bits per heavy atom. The molecule has 0 spiro atoms. The van der Waals surface area contributed by atoms with Gasteiger partial charge in [0.2, 0.25) is 0 Å². The van der Waals surface area contributed by atoms with Crippen molar-refractivity contribution in [3.8, 4) is 5.69 Å². The van der Waals surface area contributed by atoms with Gasteiger partial charge in [-0.05, 0) is 50.3 Å². The van der Waals surface area contributed by atoms with Gasteiger partial charge < -0.3 is 15.7 Å². The van der Waals surface area contributed by atoms with Crippen LogP contribution in [-0.2, 0) is 4.79 Å². The molecule has 1 atom stereocenters. The molecule has 1 fully saturated rings. The summed E-state index contributed by atoms with van der Waals surface area (Å²) in [6.07, 6.45) is 6.20. The number of nitrogens with one attached hydrogen (secondary N) is 2.